The fourth-order valence-corrected chi connectivity index (χ4v) is 4.29. The summed E-state index contributed by atoms with van der Waals surface area (Å²) in [5, 5.41) is 13.7. The summed E-state index contributed by atoms with van der Waals surface area (Å²) in [6, 6.07) is 3.91. The summed E-state index contributed by atoms with van der Waals surface area (Å²) in [6.45, 7) is 2.74. The van der Waals surface area contributed by atoms with Crippen molar-refractivity contribution in [2.24, 2.45) is 5.92 Å². The minimum absolute atomic E-state index is 0.0781. The molecule has 0 saturated heterocycles. The number of allylic oxidation sites excluding steroid dienone is 2. The van der Waals surface area contributed by atoms with Gasteiger partial charge in [0.05, 0.1) is 17.6 Å². The molecular formula is C26H22ClF2N5O3. The zero-order chi connectivity index (χ0) is 26.3. The third kappa shape index (κ3) is 4.87. The second-order valence-electron chi connectivity index (χ2n) is 9.11. The van der Waals surface area contributed by atoms with Gasteiger partial charge in [-0.05, 0) is 31.7 Å². The first kappa shape index (κ1) is 25.1. The van der Waals surface area contributed by atoms with E-state index in [-0.39, 0.29) is 22.8 Å². The Bertz CT molecular complexity index is 1470. The van der Waals surface area contributed by atoms with E-state index < -0.39 is 33.8 Å². The first-order chi connectivity index (χ1) is 17.7. The molecule has 1 saturated carbocycles. The maximum atomic E-state index is 14.1. The smallest absolute Gasteiger partial charge is 0.370 e. The molecule has 0 radical (unpaired) electrons. The van der Waals surface area contributed by atoms with Crippen molar-refractivity contribution >= 4 is 23.2 Å². The fourth-order valence-electron chi connectivity index (χ4n) is 4.06. The molecule has 1 fully saturated rings. The maximum Gasteiger partial charge on any atom is 0.370 e. The first-order valence-electron chi connectivity index (χ1n) is 11.6. The Morgan fingerprint density at radius 2 is 1.92 bits per heavy atom. The lowest BCUT2D eigenvalue weighted by molar-refractivity contribution is -0.122. The lowest BCUT2D eigenvalue weighted by atomic mass is 10.1. The summed E-state index contributed by atoms with van der Waals surface area (Å²) in [5.74, 6) is -1.50. The molecule has 1 amide bonds. The highest BCUT2D eigenvalue weighted by Crippen LogP contribution is 2.40. The average molecular weight is 526 g/mol. The van der Waals surface area contributed by atoms with Gasteiger partial charge in [0.1, 0.15) is 29.6 Å². The lowest BCUT2D eigenvalue weighted by Crippen LogP contribution is -2.49. The highest BCUT2D eigenvalue weighted by atomic mass is 35.5. The summed E-state index contributed by atoms with van der Waals surface area (Å²) in [5.41, 5.74) is 1.49. The van der Waals surface area contributed by atoms with Gasteiger partial charge < -0.3 is 9.94 Å². The van der Waals surface area contributed by atoms with Crippen LogP contribution in [0.1, 0.15) is 36.8 Å². The molecule has 5 rings (SSSR count). The molecule has 190 valence electrons. The number of hydrogen-bond acceptors (Lipinski definition) is 7. The van der Waals surface area contributed by atoms with Crippen molar-refractivity contribution < 1.29 is 18.3 Å². The number of pyridine rings is 2. The SMILES string of the molecule is CC1=CC(OCc2ncc(F)cc2F)=C(Cl)C(=O)[N+]1([O-])c1cc(-c2ccnc(CC3CC3)n2)ncc1C. The Hall–Kier alpha value is -3.60. The van der Waals surface area contributed by atoms with Crippen LogP contribution in [0.2, 0.25) is 0 Å². The summed E-state index contributed by atoms with van der Waals surface area (Å²) in [6.07, 6.45) is 8.46. The van der Waals surface area contributed by atoms with E-state index in [4.69, 9.17) is 16.3 Å². The molecule has 11 heteroatoms. The van der Waals surface area contributed by atoms with Crippen molar-refractivity contribution in [2.45, 2.75) is 39.7 Å². The molecule has 1 unspecified atom stereocenters. The molecule has 2 aliphatic rings. The van der Waals surface area contributed by atoms with Gasteiger partial charge >= 0.3 is 5.91 Å². The van der Waals surface area contributed by atoms with Crippen LogP contribution in [0, 0.1) is 29.7 Å². The highest BCUT2D eigenvalue weighted by Gasteiger charge is 2.42. The number of carbonyl (C=O) groups is 1. The Balaban J connectivity index is 1.44. The van der Waals surface area contributed by atoms with Gasteiger partial charge in [-0.2, -0.15) is 0 Å². The summed E-state index contributed by atoms with van der Waals surface area (Å²) in [7, 11) is 0. The van der Waals surface area contributed by atoms with E-state index in [1.54, 1.807) is 19.2 Å². The van der Waals surface area contributed by atoms with Crippen molar-refractivity contribution in [2.75, 3.05) is 0 Å². The molecule has 4 heterocycles. The van der Waals surface area contributed by atoms with Crippen molar-refractivity contribution in [3.8, 4) is 11.4 Å². The van der Waals surface area contributed by atoms with E-state index in [2.05, 4.69) is 19.9 Å². The van der Waals surface area contributed by atoms with Gasteiger partial charge in [0.15, 0.2) is 22.3 Å². The number of hydrogen-bond donors (Lipinski definition) is 0. The normalized spacial score (nSPS) is 19.7. The predicted octanol–water partition coefficient (Wildman–Crippen LogP) is 5.39. The number of hydroxylamine groups is 2. The number of amides is 1. The Labute approximate surface area is 216 Å². The van der Waals surface area contributed by atoms with Gasteiger partial charge in [0.25, 0.3) is 0 Å². The van der Waals surface area contributed by atoms with Crippen LogP contribution in [-0.4, -0.2) is 25.8 Å². The predicted molar refractivity (Wildman–Crippen MR) is 132 cm³/mol. The third-order valence-corrected chi connectivity index (χ3v) is 6.67. The summed E-state index contributed by atoms with van der Waals surface area (Å²) in [4.78, 5) is 30.3. The van der Waals surface area contributed by atoms with Gasteiger partial charge in [0.2, 0.25) is 0 Å². The Morgan fingerprint density at radius 3 is 2.65 bits per heavy atom. The van der Waals surface area contributed by atoms with Gasteiger partial charge in [-0.1, -0.05) is 11.6 Å². The van der Waals surface area contributed by atoms with Crippen molar-refractivity contribution in [1.29, 1.82) is 0 Å². The first-order valence-corrected chi connectivity index (χ1v) is 12.0. The number of ether oxygens (including phenoxy) is 1. The molecule has 1 aliphatic heterocycles. The van der Waals surface area contributed by atoms with E-state index in [1.165, 1.54) is 38.1 Å². The topological polar surface area (TPSA) is 101 Å². The van der Waals surface area contributed by atoms with Gasteiger partial charge in [0, 0.05) is 49.5 Å². The number of nitrogens with zero attached hydrogens (tertiary/aromatic N) is 5. The molecule has 3 aromatic rings. The van der Waals surface area contributed by atoms with Crippen molar-refractivity contribution in [3.05, 3.63) is 93.3 Å². The second kappa shape index (κ2) is 9.70. The summed E-state index contributed by atoms with van der Waals surface area (Å²) < 4.78 is 31.1. The standard InChI is InChI=1S/C26H22ClF2N5O3/c1-14-11-31-20(19-5-6-30-24(33-19)8-16-3-4-16)10-22(14)34(36)15(2)7-23(25(27)26(34)35)37-13-21-18(29)9-17(28)12-32-21/h5-7,9-12,16H,3-4,8,13H2,1-2H3. The van der Waals surface area contributed by atoms with E-state index >= 15 is 0 Å². The number of aryl methyl sites for hydroxylation is 1. The monoisotopic (exact) mass is 525 g/mol. The van der Waals surface area contributed by atoms with Crippen LogP contribution in [0.3, 0.4) is 0 Å². The molecule has 0 spiro atoms. The van der Waals surface area contributed by atoms with Crippen LogP contribution in [0.25, 0.3) is 11.4 Å². The molecule has 1 atom stereocenters. The van der Waals surface area contributed by atoms with Crippen LogP contribution in [0.4, 0.5) is 14.5 Å². The Morgan fingerprint density at radius 1 is 1.14 bits per heavy atom. The van der Waals surface area contributed by atoms with E-state index in [1.807, 2.05) is 0 Å². The number of halogens is 3. The van der Waals surface area contributed by atoms with Gasteiger partial charge in [-0.15, -0.1) is 0 Å². The molecule has 0 bridgehead atoms. The minimum Gasteiger partial charge on any atom is -0.614 e. The van der Waals surface area contributed by atoms with Crippen LogP contribution in [-0.2, 0) is 22.6 Å². The molecule has 0 N–H and O–H groups in total. The molecule has 37 heavy (non-hydrogen) atoms. The largest absolute Gasteiger partial charge is 0.614 e. The van der Waals surface area contributed by atoms with Crippen LogP contribution in [0.5, 0.6) is 0 Å². The van der Waals surface area contributed by atoms with Crippen LogP contribution >= 0.6 is 11.6 Å². The fraction of sp³-hybridized carbons (Fsp3) is 0.269. The van der Waals surface area contributed by atoms with Crippen molar-refractivity contribution in [3.63, 3.8) is 0 Å². The zero-order valence-corrected chi connectivity index (χ0v) is 20.8. The lowest BCUT2D eigenvalue weighted by Gasteiger charge is -2.41. The zero-order valence-electron chi connectivity index (χ0n) is 20.0. The summed E-state index contributed by atoms with van der Waals surface area (Å²) >= 11 is 6.28. The average Bonchev–Trinajstić information content (AvgIpc) is 3.69. The van der Waals surface area contributed by atoms with Gasteiger partial charge in [-0.3, -0.25) is 9.97 Å². The second-order valence-corrected chi connectivity index (χ2v) is 9.49. The number of rotatable bonds is 7. The van der Waals surface area contributed by atoms with Gasteiger partial charge in [-0.25, -0.2) is 28.2 Å². The van der Waals surface area contributed by atoms with Crippen LogP contribution in [0.15, 0.2) is 59.4 Å². The highest BCUT2D eigenvalue weighted by molar-refractivity contribution is 6.44. The molecule has 1 aliphatic carbocycles. The number of carbonyl (C=O) groups excluding carboxylic acids is 1. The molecule has 3 aromatic heterocycles. The maximum absolute atomic E-state index is 14.1. The minimum atomic E-state index is -1.48. The van der Waals surface area contributed by atoms with E-state index in [9.17, 15) is 18.8 Å². The molecule has 0 aromatic carbocycles. The molecule has 8 nitrogen and oxygen atoms in total. The van der Waals surface area contributed by atoms with E-state index in [0.29, 0.717) is 34.8 Å². The number of aromatic nitrogens is 4. The van der Waals surface area contributed by atoms with Crippen molar-refractivity contribution in [1.82, 2.24) is 24.6 Å². The Kier molecular flexibility index (Phi) is 6.57. The molecular weight excluding hydrogens is 504 g/mol. The number of quaternary nitrogens is 1. The quantitative estimate of drug-likeness (QED) is 0.301. The van der Waals surface area contributed by atoms with Crippen LogP contribution < -0.4 is 4.65 Å². The van der Waals surface area contributed by atoms with E-state index in [0.717, 1.165) is 12.6 Å². The third-order valence-electron chi connectivity index (χ3n) is 6.33.